The lowest BCUT2D eigenvalue weighted by atomic mass is 9.85. The van der Waals surface area contributed by atoms with Crippen molar-refractivity contribution in [3.63, 3.8) is 0 Å². The van der Waals surface area contributed by atoms with Gasteiger partial charge in [0.2, 0.25) is 5.91 Å². The number of carbonyl (C=O) groups is 3. The molecule has 0 radical (unpaired) electrons. The summed E-state index contributed by atoms with van der Waals surface area (Å²) in [6.07, 6.45) is 3.70. The van der Waals surface area contributed by atoms with Crippen LogP contribution in [0.3, 0.4) is 0 Å². The van der Waals surface area contributed by atoms with Crippen LogP contribution in [-0.4, -0.2) is 54.1 Å². The SMILES string of the molecule is CCNC(=O)N1[C@H](CC(=O)OCC)C(=O)N[C@H]2CCCC[C@@H]21. The van der Waals surface area contributed by atoms with Gasteiger partial charge in [-0.05, 0) is 26.7 Å². The number of esters is 1. The van der Waals surface area contributed by atoms with Gasteiger partial charge in [-0.15, -0.1) is 0 Å². The van der Waals surface area contributed by atoms with Gasteiger partial charge in [0.05, 0.1) is 19.1 Å². The first kappa shape index (κ1) is 16.6. The highest BCUT2D eigenvalue weighted by molar-refractivity contribution is 5.92. The normalized spacial score (nSPS) is 27.6. The molecule has 2 fully saturated rings. The summed E-state index contributed by atoms with van der Waals surface area (Å²) in [5.41, 5.74) is 0. The van der Waals surface area contributed by atoms with E-state index in [9.17, 15) is 14.4 Å². The zero-order chi connectivity index (χ0) is 16.1. The van der Waals surface area contributed by atoms with E-state index in [-0.39, 0.29) is 37.0 Å². The first-order valence-electron chi connectivity index (χ1n) is 8.10. The van der Waals surface area contributed by atoms with Crippen LogP contribution in [0.5, 0.6) is 0 Å². The van der Waals surface area contributed by atoms with Crippen molar-refractivity contribution in [2.24, 2.45) is 0 Å². The Labute approximate surface area is 130 Å². The third kappa shape index (κ3) is 3.51. The Hall–Kier alpha value is -1.79. The number of urea groups is 1. The number of hydrogen-bond acceptors (Lipinski definition) is 4. The molecule has 1 heterocycles. The molecule has 0 spiro atoms. The topological polar surface area (TPSA) is 87.7 Å². The smallest absolute Gasteiger partial charge is 0.318 e. The summed E-state index contributed by atoms with van der Waals surface area (Å²) in [6.45, 7) is 4.30. The maximum absolute atomic E-state index is 12.4. The Kier molecular flexibility index (Phi) is 5.63. The Balaban J connectivity index is 2.20. The van der Waals surface area contributed by atoms with E-state index in [4.69, 9.17) is 4.74 Å². The number of carbonyl (C=O) groups excluding carboxylic acids is 3. The maximum Gasteiger partial charge on any atom is 0.318 e. The lowest BCUT2D eigenvalue weighted by molar-refractivity contribution is -0.148. The Morgan fingerprint density at radius 1 is 1.32 bits per heavy atom. The Bertz CT molecular complexity index is 441. The molecule has 2 N–H and O–H groups in total. The Morgan fingerprint density at radius 2 is 2.05 bits per heavy atom. The highest BCUT2D eigenvalue weighted by atomic mass is 16.5. The summed E-state index contributed by atoms with van der Waals surface area (Å²) in [6, 6.07) is -1.12. The maximum atomic E-state index is 12.4. The van der Waals surface area contributed by atoms with Gasteiger partial charge in [0.25, 0.3) is 0 Å². The molecular weight excluding hydrogens is 286 g/mol. The number of rotatable bonds is 4. The summed E-state index contributed by atoms with van der Waals surface area (Å²) >= 11 is 0. The molecule has 2 aliphatic rings. The van der Waals surface area contributed by atoms with Gasteiger partial charge >= 0.3 is 12.0 Å². The van der Waals surface area contributed by atoms with E-state index in [1.165, 1.54) is 0 Å². The zero-order valence-corrected chi connectivity index (χ0v) is 13.3. The van der Waals surface area contributed by atoms with Crippen molar-refractivity contribution in [2.75, 3.05) is 13.2 Å². The molecule has 2 rings (SSSR count). The van der Waals surface area contributed by atoms with Crippen LogP contribution in [0.4, 0.5) is 4.79 Å². The van der Waals surface area contributed by atoms with Crippen LogP contribution in [0, 0.1) is 0 Å². The van der Waals surface area contributed by atoms with Gasteiger partial charge in [-0.1, -0.05) is 12.8 Å². The van der Waals surface area contributed by atoms with Crippen molar-refractivity contribution in [3.05, 3.63) is 0 Å². The average Bonchev–Trinajstić information content (AvgIpc) is 2.48. The predicted molar refractivity (Wildman–Crippen MR) is 80.1 cm³/mol. The molecule has 124 valence electrons. The van der Waals surface area contributed by atoms with Crippen LogP contribution < -0.4 is 10.6 Å². The molecule has 1 aliphatic carbocycles. The molecule has 0 bridgehead atoms. The monoisotopic (exact) mass is 311 g/mol. The molecule has 3 amide bonds. The summed E-state index contributed by atoms with van der Waals surface area (Å²) in [4.78, 5) is 38.2. The molecule has 1 aliphatic heterocycles. The van der Waals surface area contributed by atoms with Crippen LogP contribution in [0.15, 0.2) is 0 Å². The average molecular weight is 311 g/mol. The van der Waals surface area contributed by atoms with Crippen molar-refractivity contribution in [3.8, 4) is 0 Å². The van der Waals surface area contributed by atoms with Gasteiger partial charge < -0.3 is 20.3 Å². The molecule has 22 heavy (non-hydrogen) atoms. The minimum absolute atomic E-state index is 0.0118. The third-order valence-corrected chi connectivity index (χ3v) is 4.28. The van der Waals surface area contributed by atoms with E-state index in [0.717, 1.165) is 25.7 Å². The van der Waals surface area contributed by atoms with E-state index < -0.39 is 12.0 Å². The zero-order valence-electron chi connectivity index (χ0n) is 13.3. The molecule has 1 saturated carbocycles. The molecule has 0 unspecified atom stereocenters. The summed E-state index contributed by atoms with van der Waals surface area (Å²) in [7, 11) is 0. The molecule has 7 nitrogen and oxygen atoms in total. The molecule has 0 aromatic heterocycles. The number of hydrogen-bond donors (Lipinski definition) is 2. The predicted octanol–water partition coefficient (Wildman–Crippen LogP) is 0.781. The van der Waals surface area contributed by atoms with Gasteiger partial charge in [-0.25, -0.2) is 4.79 Å². The van der Waals surface area contributed by atoms with E-state index in [1.54, 1.807) is 11.8 Å². The number of fused-ring (bicyclic) bond motifs is 1. The first-order chi connectivity index (χ1) is 10.6. The molecule has 7 heteroatoms. The minimum Gasteiger partial charge on any atom is -0.466 e. The molecular formula is C15H25N3O4. The summed E-state index contributed by atoms with van der Waals surface area (Å²) in [5.74, 6) is -0.714. The highest BCUT2D eigenvalue weighted by Crippen LogP contribution is 2.29. The fourth-order valence-electron chi connectivity index (χ4n) is 3.35. The standard InChI is InChI=1S/C15H25N3O4/c1-3-16-15(21)18-11-8-6-5-7-10(11)17-14(20)12(18)9-13(19)22-4-2/h10-12H,3-9H2,1-2H3,(H,16,21)(H,17,20)/t10-,11-,12+/m0/s1. The largest absolute Gasteiger partial charge is 0.466 e. The van der Waals surface area contributed by atoms with Crippen LogP contribution in [-0.2, 0) is 14.3 Å². The van der Waals surface area contributed by atoms with Gasteiger partial charge in [0, 0.05) is 12.6 Å². The number of nitrogens with zero attached hydrogens (tertiary/aromatic N) is 1. The van der Waals surface area contributed by atoms with Gasteiger partial charge in [-0.2, -0.15) is 0 Å². The second kappa shape index (κ2) is 7.47. The fraction of sp³-hybridized carbons (Fsp3) is 0.800. The Morgan fingerprint density at radius 3 is 2.73 bits per heavy atom. The fourth-order valence-corrected chi connectivity index (χ4v) is 3.35. The number of piperazine rings is 1. The van der Waals surface area contributed by atoms with E-state index in [2.05, 4.69) is 10.6 Å². The third-order valence-electron chi connectivity index (χ3n) is 4.28. The van der Waals surface area contributed by atoms with Crippen LogP contribution >= 0.6 is 0 Å². The minimum atomic E-state index is -0.787. The van der Waals surface area contributed by atoms with Crippen molar-refractivity contribution in [2.45, 2.75) is 64.1 Å². The van der Waals surface area contributed by atoms with Crippen molar-refractivity contribution < 1.29 is 19.1 Å². The number of ether oxygens (including phenoxy) is 1. The summed E-state index contributed by atoms with van der Waals surface area (Å²) in [5, 5.41) is 5.73. The van der Waals surface area contributed by atoms with Crippen molar-refractivity contribution in [1.29, 1.82) is 0 Å². The van der Waals surface area contributed by atoms with Crippen molar-refractivity contribution >= 4 is 17.9 Å². The second-order valence-electron chi connectivity index (χ2n) is 5.73. The van der Waals surface area contributed by atoms with Crippen LogP contribution in [0.25, 0.3) is 0 Å². The van der Waals surface area contributed by atoms with Crippen LogP contribution in [0.1, 0.15) is 46.0 Å². The van der Waals surface area contributed by atoms with E-state index >= 15 is 0 Å². The van der Waals surface area contributed by atoms with Gasteiger partial charge in [0.1, 0.15) is 6.04 Å². The lowest BCUT2D eigenvalue weighted by Gasteiger charge is -2.47. The number of nitrogens with one attached hydrogen (secondary N) is 2. The first-order valence-corrected chi connectivity index (χ1v) is 8.10. The molecule has 3 atom stereocenters. The quantitative estimate of drug-likeness (QED) is 0.751. The molecule has 0 aromatic rings. The molecule has 0 aromatic carbocycles. The molecule has 1 saturated heterocycles. The second-order valence-corrected chi connectivity index (χ2v) is 5.73. The van der Waals surface area contributed by atoms with Crippen molar-refractivity contribution in [1.82, 2.24) is 15.5 Å². The lowest BCUT2D eigenvalue weighted by Crippen LogP contribution is -2.69. The van der Waals surface area contributed by atoms with Gasteiger partial charge in [-0.3, -0.25) is 9.59 Å². The van der Waals surface area contributed by atoms with E-state index in [1.807, 2.05) is 6.92 Å². The number of amides is 3. The van der Waals surface area contributed by atoms with Crippen LogP contribution in [0.2, 0.25) is 0 Å². The van der Waals surface area contributed by atoms with Gasteiger partial charge in [0.15, 0.2) is 0 Å². The highest BCUT2D eigenvalue weighted by Gasteiger charge is 2.45. The summed E-state index contributed by atoms with van der Waals surface area (Å²) < 4.78 is 4.94. The van der Waals surface area contributed by atoms with E-state index in [0.29, 0.717) is 6.54 Å².